The Hall–Kier alpha value is -0.490. The van der Waals surface area contributed by atoms with Gasteiger partial charge in [-0.05, 0) is 24.0 Å². The van der Waals surface area contributed by atoms with Crippen molar-refractivity contribution in [1.82, 2.24) is 0 Å². The largest absolute Gasteiger partial charge is 0.462 e. The predicted molar refractivity (Wildman–Crippen MR) is 83.9 cm³/mol. The molecule has 1 aromatic carbocycles. The summed E-state index contributed by atoms with van der Waals surface area (Å²) in [5, 5.41) is -0.147. The van der Waals surface area contributed by atoms with Gasteiger partial charge in [0.15, 0.2) is 0 Å². The number of benzene rings is 1. The smallest absolute Gasteiger partial charge is 0.339 e. The van der Waals surface area contributed by atoms with E-state index in [9.17, 15) is 13.2 Å². The standard InChI is InChI=1S/C13H15Cl3O4S/c1-13(2,3)4-5-20-12(17)8-6-11(21(16,18)19)10(15)7-9(8)14/h6-7H,4-5H2,1-3H3. The van der Waals surface area contributed by atoms with E-state index >= 15 is 0 Å². The molecule has 0 aliphatic heterocycles. The van der Waals surface area contributed by atoms with E-state index in [1.807, 2.05) is 20.8 Å². The van der Waals surface area contributed by atoms with E-state index in [0.717, 1.165) is 12.1 Å². The zero-order valence-electron chi connectivity index (χ0n) is 11.7. The van der Waals surface area contributed by atoms with Gasteiger partial charge in [0.1, 0.15) is 4.90 Å². The third-order valence-electron chi connectivity index (χ3n) is 2.59. The minimum atomic E-state index is -4.08. The van der Waals surface area contributed by atoms with Crippen LogP contribution < -0.4 is 0 Å². The van der Waals surface area contributed by atoms with Crippen LogP contribution in [0.15, 0.2) is 17.0 Å². The Bertz CT molecular complexity index is 648. The Balaban J connectivity index is 3.00. The summed E-state index contributed by atoms with van der Waals surface area (Å²) in [7, 11) is 1.17. The fraction of sp³-hybridized carbons (Fsp3) is 0.462. The highest BCUT2D eigenvalue weighted by molar-refractivity contribution is 8.13. The Morgan fingerprint density at radius 2 is 1.76 bits per heavy atom. The van der Waals surface area contributed by atoms with Crippen molar-refractivity contribution in [3.05, 3.63) is 27.7 Å². The molecule has 0 spiro atoms. The van der Waals surface area contributed by atoms with Gasteiger partial charge in [-0.25, -0.2) is 13.2 Å². The molecule has 118 valence electrons. The van der Waals surface area contributed by atoms with Gasteiger partial charge < -0.3 is 4.74 Å². The highest BCUT2D eigenvalue weighted by atomic mass is 35.7. The Kier molecular flexibility index (Phi) is 5.95. The van der Waals surface area contributed by atoms with Crippen LogP contribution in [-0.4, -0.2) is 21.0 Å². The van der Waals surface area contributed by atoms with Gasteiger partial charge in [-0.15, -0.1) is 0 Å². The lowest BCUT2D eigenvalue weighted by Crippen LogP contribution is -2.14. The van der Waals surface area contributed by atoms with Crippen molar-refractivity contribution in [2.24, 2.45) is 5.41 Å². The van der Waals surface area contributed by atoms with Gasteiger partial charge in [0.05, 0.1) is 22.2 Å². The molecule has 0 N–H and O–H groups in total. The lowest BCUT2D eigenvalue weighted by molar-refractivity contribution is 0.0465. The van der Waals surface area contributed by atoms with Crippen LogP contribution in [0, 0.1) is 5.41 Å². The molecule has 0 aliphatic carbocycles. The number of halogens is 3. The first-order valence-electron chi connectivity index (χ1n) is 6.02. The van der Waals surface area contributed by atoms with Crippen molar-refractivity contribution in [2.45, 2.75) is 32.1 Å². The van der Waals surface area contributed by atoms with Crippen LogP contribution in [0.4, 0.5) is 0 Å². The number of carbonyl (C=O) groups is 1. The second-order valence-corrected chi connectivity index (χ2v) is 9.00. The molecule has 1 rings (SSSR count). The van der Waals surface area contributed by atoms with Gasteiger partial charge in [-0.1, -0.05) is 44.0 Å². The van der Waals surface area contributed by atoms with Crippen LogP contribution in [-0.2, 0) is 13.8 Å². The molecule has 0 saturated heterocycles. The molecular weight excluding hydrogens is 359 g/mol. The molecule has 0 aromatic heterocycles. The number of esters is 1. The van der Waals surface area contributed by atoms with E-state index in [4.69, 9.17) is 38.6 Å². The highest BCUT2D eigenvalue weighted by Gasteiger charge is 2.22. The topological polar surface area (TPSA) is 60.4 Å². The summed E-state index contributed by atoms with van der Waals surface area (Å²) in [6.07, 6.45) is 0.657. The van der Waals surface area contributed by atoms with Crippen LogP contribution >= 0.6 is 33.9 Å². The molecule has 0 unspecified atom stereocenters. The Morgan fingerprint density at radius 1 is 1.19 bits per heavy atom. The summed E-state index contributed by atoms with van der Waals surface area (Å²) in [6, 6.07) is 2.17. The summed E-state index contributed by atoms with van der Waals surface area (Å²) >= 11 is 11.6. The van der Waals surface area contributed by atoms with Gasteiger partial charge in [0.25, 0.3) is 9.05 Å². The number of ether oxygens (including phenoxy) is 1. The molecule has 0 saturated carbocycles. The molecular formula is C13H15Cl3O4S. The molecule has 8 heteroatoms. The second kappa shape index (κ2) is 6.73. The molecule has 0 radical (unpaired) electrons. The van der Waals surface area contributed by atoms with Gasteiger partial charge >= 0.3 is 5.97 Å². The zero-order valence-corrected chi connectivity index (χ0v) is 14.8. The molecule has 0 atom stereocenters. The van der Waals surface area contributed by atoms with Gasteiger partial charge in [-0.3, -0.25) is 0 Å². The predicted octanol–water partition coefficient (Wildman–Crippen LogP) is 4.51. The van der Waals surface area contributed by atoms with Crippen LogP contribution in [0.3, 0.4) is 0 Å². The van der Waals surface area contributed by atoms with E-state index in [-0.39, 0.29) is 32.5 Å². The molecule has 0 bridgehead atoms. The summed E-state index contributed by atoms with van der Waals surface area (Å²) < 4.78 is 27.8. The Labute approximate surface area is 138 Å². The van der Waals surface area contributed by atoms with E-state index in [1.54, 1.807) is 0 Å². The van der Waals surface area contributed by atoms with E-state index in [2.05, 4.69) is 0 Å². The summed E-state index contributed by atoms with van der Waals surface area (Å²) in [6.45, 7) is 6.22. The van der Waals surface area contributed by atoms with Crippen molar-refractivity contribution in [1.29, 1.82) is 0 Å². The van der Waals surface area contributed by atoms with E-state index in [0.29, 0.717) is 6.42 Å². The van der Waals surface area contributed by atoms with Gasteiger partial charge in [0.2, 0.25) is 0 Å². The summed E-state index contributed by atoms with van der Waals surface area (Å²) in [5.41, 5.74) is -0.0801. The number of carbonyl (C=O) groups excluding carboxylic acids is 1. The normalized spacial score (nSPS) is 12.3. The first kappa shape index (κ1) is 18.6. The maximum atomic E-state index is 12.0. The molecule has 0 heterocycles. The molecule has 1 aromatic rings. The molecule has 0 amide bonds. The minimum Gasteiger partial charge on any atom is -0.462 e. The maximum Gasteiger partial charge on any atom is 0.339 e. The quantitative estimate of drug-likeness (QED) is 0.575. The van der Waals surface area contributed by atoms with Crippen molar-refractivity contribution in [2.75, 3.05) is 6.61 Å². The van der Waals surface area contributed by atoms with Crippen molar-refractivity contribution in [3.63, 3.8) is 0 Å². The maximum absolute atomic E-state index is 12.0. The van der Waals surface area contributed by atoms with Gasteiger partial charge in [-0.2, -0.15) is 0 Å². The molecule has 0 aliphatic rings. The van der Waals surface area contributed by atoms with Crippen molar-refractivity contribution < 1.29 is 17.9 Å². The van der Waals surface area contributed by atoms with Gasteiger partial charge in [0, 0.05) is 10.7 Å². The second-order valence-electron chi connectivity index (χ2n) is 5.65. The van der Waals surface area contributed by atoms with E-state index < -0.39 is 15.0 Å². The first-order chi connectivity index (χ1) is 9.42. The average molecular weight is 374 g/mol. The summed E-state index contributed by atoms with van der Waals surface area (Å²) in [4.78, 5) is 11.6. The molecule has 21 heavy (non-hydrogen) atoms. The van der Waals surface area contributed by atoms with Crippen LogP contribution in [0.5, 0.6) is 0 Å². The SMILES string of the molecule is CC(C)(C)CCOC(=O)c1cc(S(=O)(=O)Cl)c(Cl)cc1Cl. The van der Waals surface area contributed by atoms with Crippen molar-refractivity contribution in [3.8, 4) is 0 Å². The minimum absolute atomic E-state index is 0.00447. The fourth-order valence-electron chi connectivity index (χ4n) is 1.40. The van der Waals surface area contributed by atoms with E-state index in [1.165, 1.54) is 0 Å². The lowest BCUT2D eigenvalue weighted by Gasteiger charge is -2.17. The number of hydrogen-bond acceptors (Lipinski definition) is 4. The fourth-order valence-corrected chi connectivity index (χ4v) is 3.22. The lowest BCUT2D eigenvalue weighted by atomic mass is 9.93. The third kappa shape index (κ3) is 5.66. The highest BCUT2D eigenvalue weighted by Crippen LogP contribution is 2.31. The van der Waals surface area contributed by atoms with Crippen LogP contribution in [0.25, 0.3) is 0 Å². The van der Waals surface area contributed by atoms with Crippen LogP contribution in [0.1, 0.15) is 37.6 Å². The molecule has 4 nitrogen and oxygen atoms in total. The molecule has 0 fully saturated rings. The third-order valence-corrected chi connectivity index (χ3v) is 4.69. The van der Waals surface area contributed by atoms with Crippen LogP contribution in [0.2, 0.25) is 10.0 Å². The first-order valence-corrected chi connectivity index (χ1v) is 9.09. The number of rotatable bonds is 4. The summed E-state index contributed by atoms with van der Waals surface area (Å²) in [5.74, 6) is -0.720. The Morgan fingerprint density at radius 3 is 2.24 bits per heavy atom. The van der Waals surface area contributed by atoms with Crippen molar-refractivity contribution >= 4 is 48.9 Å². The number of hydrogen-bond donors (Lipinski definition) is 0. The monoisotopic (exact) mass is 372 g/mol. The average Bonchev–Trinajstić information content (AvgIpc) is 2.24. The zero-order chi connectivity index (χ0) is 16.4.